The summed E-state index contributed by atoms with van der Waals surface area (Å²) < 4.78 is 70.7. The zero-order valence-electron chi connectivity index (χ0n) is 12.2. The Morgan fingerprint density at radius 3 is 2.62 bits per heavy atom. The Bertz CT molecular complexity index is 808. The lowest BCUT2D eigenvalue weighted by Gasteiger charge is -2.22. The topological polar surface area (TPSA) is 102 Å². The van der Waals surface area contributed by atoms with Crippen molar-refractivity contribution in [3.8, 4) is 0 Å². The van der Waals surface area contributed by atoms with Crippen LogP contribution in [-0.2, 0) is 20.9 Å². The van der Waals surface area contributed by atoms with E-state index < -0.39 is 27.8 Å². The first-order valence-electron chi connectivity index (χ1n) is 7.02. The zero-order valence-corrected chi connectivity index (χ0v) is 13.1. The van der Waals surface area contributed by atoms with Crippen molar-refractivity contribution in [2.24, 2.45) is 0 Å². The minimum atomic E-state index is -4.63. The lowest BCUT2D eigenvalue weighted by molar-refractivity contribution is -0.140. The molecule has 0 bridgehead atoms. The number of ether oxygens (including phenoxy) is 1. The monoisotopic (exact) mass is 365 g/mol. The molecule has 2 aromatic rings. The Hall–Kier alpha value is -2.08. The molecule has 1 aliphatic rings. The minimum absolute atomic E-state index is 0.0307. The molecule has 0 radical (unpaired) electrons. The summed E-state index contributed by atoms with van der Waals surface area (Å²) in [4.78, 5) is 5.11. The predicted molar refractivity (Wildman–Crippen MR) is 75.7 cm³/mol. The largest absolute Gasteiger partial charge is 0.432 e. The van der Waals surface area contributed by atoms with Crippen molar-refractivity contribution in [1.29, 1.82) is 0 Å². The lowest BCUT2D eigenvalue weighted by Crippen LogP contribution is -2.20. The number of hydrogen-bond donors (Lipinski definition) is 2. The number of rotatable bonds is 4. The molecule has 0 atom stereocenters. The third-order valence-electron chi connectivity index (χ3n) is 3.57. The van der Waals surface area contributed by atoms with Crippen molar-refractivity contribution in [3.05, 3.63) is 24.3 Å². The van der Waals surface area contributed by atoms with Crippen LogP contribution in [0.4, 0.5) is 19.1 Å². The summed E-state index contributed by atoms with van der Waals surface area (Å²) in [5, 5.41) is 4.02. The Kier molecular flexibility index (Phi) is 4.25. The fourth-order valence-corrected chi connectivity index (χ4v) is 3.22. The van der Waals surface area contributed by atoms with Crippen LogP contribution in [0.2, 0.25) is 0 Å². The first-order valence-corrected chi connectivity index (χ1v) is 8.51. The van der Waals surface area contributed by atoms with Gasteiger partial charge < -0.3 is 9.72 Å². The summed E-state index contributed by atoms with van der Waals surface area (Å²) in [5.41, 5.74) is -1.14. The molecule has 0 spiro atoms. The highest BCUT2D eigenvalue weighted by molar-refractivity contribution is 7.92. The van der Waals surface area contributed by atoms with E-state index in [0.717, 1.165) is 6.20 Å². The van der Waals surface area contributed by atoms with Gasteiger partial charge in [-0.25, -0.2) is 18.1 Å². The molecule has 12 heteroatoms. The fraction of sp³-hybridized carbons (Fsp3) is 0.500. The van der Waals surface area contributed by atoms with Gasteiger partial charge in [-0.3, -0.25) is 4.68 Å². The van der Waals surface area contributed by atoms with E-state index in [9.17, 15) is 21.6 Å². The number of imidazole rings is 1. The lowest BCUT2D eigenvalue weighted by atomic mass is 10.1. The maximum absolute atomic E-state index is 12.5. The van der Waals surface area contributed by atoms with Gasteiger partial charge >= 0.3 is 6.18 Å². The molecule has 3 rings (SSSR count). The van der Waals surface area contributed by atoms with Crippen LogP contribution < -0.4 is 4.72 Å². The van der Waals surface area contributed by atoms with Crippen molar-refractivity contribution in [2.45, 2.75) is 30.0 Å². The summed E-state index contributed by atoms with van der Waals surface area (Å²) in [5.74, 6) is -0.513. The van der Waals surface area contributed by atoms with Crippen molar-refractivity contribution in [3.63, 3.8) is 0 Å². The van der Waals surface area contributed by atoms with Crippen molar-refractivity contribution in [1.82, 2.24) is 19.7 Å². The van der Waals surface area contributed by atoms with Crippen LogP contribution in [0.1, 0.15) is 24.6 Å². The standard InChI is InChI=1S/C12H14F3N5O3S/c13-12(14,15)10-6-16-11(18-10)19-24(21,22)9-5-17-20(7-9)8-1-3-23-4-2-8/h5-8H,1-4H2,(H2,16,18,19). The van der Waals surface area contributed by atoms with E-state index >= 15 is 0 Å². The summed E-state index contributed by atoms with van der Waals surface area (Å²) in [6, 6.07) is 0.0307. The average molecular weight is 365 g/mol. The van der Waals surface area contributed by atoms with Crippen LogP contribution in [0, 0.1) is 0 Å². The van der Waals surface area contributed by atoms with Gasteiger partial charge in [0.1, 0.15) is 10.6 Å². The van der Waals surface area contributed by atoms with Gasteiger partial charge in [-0.05, 0) is 12.8 Å². The van der Waals surface area contributed by atoms with E-state index in [1.165, 1.54) is 10.9 Å². The van der Waals surface area contributed by atoms with Crippen LogP contribution in [-0.4, -0.2) is 41.4 Å². The molecule has 2 aromatic heterocycles. The molecule has 24 heavy (non-hydrogen) atoms. The van der Waals surface area contributed by atoms with Crippen LogP contribution in [0.5, 0.6) is 0 Å². The molecule has 1 saturated heterocycles. The van der Waals surface area contributed by atoms with Gasteiger partial charge in [-0.2, -0.15) is 18.3 Å². The van der Waals surface area contributed by atoms with Gasteiger partial charge in [-0.1, -0.05) is 0 Å². The molecule has 2 N–H and O–H groups in total. The van der Waals surface area contributed by atoms with Crippen molar-refractivity contribution < 1.29 is 26.3 Å². The van der Waals surface area contributed by atoms with E-state index in [2.05, 4.69) is 10.1 Å². The van der Waals surface area contributed by atoms with E-state index in [4.69, 9.17) is 4.74 Å². The summed E-state index contributed by atoms with van der Waals surface area (Å²) in [6.07, 6.45) is -0.214. The van der Waals surface area contributed by atoms with Crippen molar-refractivity contribution in [2.75, 3.05) is 17.9 Å². The number of sulfonamides is 1. The Morgan fingerprint density at radius 2 is 2.00 bits per heavy atom. The summed E-state index contributed by atoms with van der Waals surface area (Å²) >= 11 is 0. The quantitative estimate of drug-likeness (QED) is 0.860. The van der Waals surface area contributed by atoms with Crippen LogP contribution >= 0.6 is 0 Å². The zero-order chi connectivity index (χ0) is 17.4. The Morgan fingerprint density at radius 1 is 1.29 bits per heavy atom. The summed E-state index contributed by atoms with van der Waals surface area (Å²) in [7, 11) is -4.09. The molecule has 1 fully saturated rings. The maximum atomic E-state index is 12.5. The number of alkyl halides is 3. The highest BCUT2D eigenvalue weighted by Gasteiger charge is 2.33. The molecule has 0 unspecified atom stereocenters. The smallest absolute Gasteiger partial charge is 0.381 e. The molecule has 1 aliphatic heterocycles. The number of anilines is 1. The second-order valence-electron chi connectivity index (χ2n) is 5.25. The predicted octanol–water partition coefficient (Wildman–Crippen LogP) is 1.78. The highest BCUT2D eigenvalue weighted by atomic mass is 32.2. The van der Waals surface area contributed by atoms with E-state index in [-0.39, 0.29) is 10.9 Å². The van der Waals surface area contributed by atoms with Gasteiger partial charge in [-0.15, -0.1) is 0 Å². The molecule has 0 aromatic carbocycles. The molecule has 8 nitrogen and oxygen atoms in total. The molecule has 3 heterocycles. The van der Waals surface area contributed by atoms with E-state index in [1.54, 1.807) is 0 Å². The number of aromatic nitrogens is 4. The minimum Gasteiger partial charge on any atom is -0.381 e. The van der Waals surface area contributed by atoms with Crippen molar-refractivity contribution >= 4 is 16.0 Å². The number of aromatic amines is 1. The second-order valence-corrected chi connectivity index (χ2v) is 6.93. The molecular weight excluding hydrogens is 351 g/mol. The summed E-state index contributed by atoms with van der Waals surface area (Å²) in [6.45, 7) is 1.13. The SMILES string of the molecule is O=S(=O)(Nc1ncc(C(F)(F)F)[nH]1)c1cnn(C2CCOCC2)c1. The number of H-pyrrole nitrogens is 1. The van der Waals surface area contributed by atoms with Gasteiger partial charge in [0.05, 0.1) is 18.4 Å². The molecule has 0 amide bonds. The highest BCUT2D eigenvalue weighted by Crippen LogP contribution is 2.28. The first-order chi connectivity index (χ1) is 11.3. The van der Waals surface area contributed by atoms with Gasteiger partial charge in [0.2, 0.25) is 5.95 Å². The Labute approximate surface area is 135 Å². The number of nitrogens with one attached hydrogen (secondary N) is 2. The van der Waals surface area contributed by atoms with E-state index in [1.807, 2.05) is 9.71 Å². The Balaban J connectivity index is 1.76. The third-order valence-corrected chi connectivity index (χ3v) is 4.86. The van der Waals surface area contributed by atoms with Crippen LogP contribution in [0.15, 0.2) is 23.5 Å². The van der Waals surface area contributed by atoms with E-state index in [0.29, 0.717) is 32.3 Å². The van der Waals surface area contributed by atoms with Crippen LogP contribution in [0.25, 0.3) is 0 Å². The first kappa shape index (κ1) is 16.8. The van der Waals surface area contributed by atoms with Gasteiger partial charge in [0.15, 0.2) is 0 Å². The molecule has 0 aliphatic carbocycles. The van der Waals surface area contributed by atoms with Crippen LogP contribution in [0.3, 0.4) is 0 Å². The molecule has 132 valence electrons. The maximum Gasteiger partial charge on any atom is 0.432 e. The average Bonchev–Trinajstić information content (AvgIpc) is 3.16. The van der Waals surface area contributed by atoms with Gasteiger partial charge in [0, 0.05) is 19.4 Å². The number of hydrogen-bond acceptors (Lipinski definition) is 5. The number of halogens is 3. The normalized spacial score (nSPS) is 17.1. The molecule has 0 saturated carbocycles. The molecular formula is C12H14F3N5O3S. The van der Waals surface area contributed by atoms with Gasteiger partial charge in [0.25, 0.3) is 10.0 Å². The third kappa shape index (κ3) is 3.53. The fourth-order valence-electron chi connectivity index (χ4n) is 2.31. The second kappa shape index (κ2) is 6.09. The number of nitrogens with zero attached hydrogens (tertiary/aromatic N) is 3.